The van der Waals surface area contributed by atoms with Gasteiger partial charge in [0.2, 0.25) is 5.91 Å². The summed E-state index contributed by atoms with van der Waals surface area (Å²) in [6.45, 7) is 1.90. The molecule has 3 N–H and O–H groups in total. The van der Waals surface area contributed by atoms with Crippen molar-refractivity contribution in [1.82, 2.24) is 10.9 Å². The van der Waals surface area contributed by atoms with E-state index in [4.69, 9.17) is 0 Å². The fraction of sp³-hybridized carbons (Fsp3) is 0.263. The Morgan fingerprint density at radius 3 is 2.33 bits per heavy atom. The summed E-state index contributed by atoms with van der Waals surface area (Å²) < 4.78 is 65.6. The first-order valence-corrected chi connectivity index (χ1v) is 10.4. The SMILES string of the molecule is C[C@H]1C[C@@H]1C(=O)NNC(=O)c1cccc(S(=O)(=O)Nc2cccc(C(F)(F)F)c2)c1. The van der Waals surface area contributed by atoms with E-state index in [2.05, 4.69) is 15.6 Å². The lowest BCUT2D eigenvalue weighted by Gasteiger charge is -2.12. The van der Waals surface area contributed by atoms with Gasteiger partial charge in [-0.15, -0.1) is 0 Å². The molecule has 0 bridgehead atoms. The quantitative estimate of drug-likeness (QED) is 0.621. The summed E-state index contributed by atoms with van der Waals surface area (Å²) in [4.78, 5) is 23.6. The van der Waals surface area contributed by atoms with Crippen molar-refractivity contribution in [2.24, 2.45) is 11.8 Å². The fourth-order valence-corrected chi connectivity index (χ4v) is 3.84. The molecule has 1 aliphatic rings. The van der Waals surface area contributed by atoms with Crippen LogP contribution >= 0.6 is 0 Å². The number of benzene rings is 2. The zero-order valence-electron chi connectivity index (χ0n) is 15.7. The maximum absolute atomic E-state index is 12.8. The lowest BCUT2D eigenvalue weighted by Crippen LogP contribution is -2.42. The number of rotatable bonds is 5. The van der Waals surface area contributed by atoms with Crippen LogP contribution in [0.15, 0.2) is 53.4 Å². The first-order valence-electron chi connectivity index (χ1n) is 8.88. The molecule has 2 aromatic carbocycles. The van der Waals surface area contributed by atoms with Crippen molar-refractivity contribution in [2.75, 3.05) is 4.72 Å². The number of hydrogen-bond donors (Lipinski definition) is 3. The summed E-state index contributed by atoms with van der Waals surface area (Å²) in [5.74, 6) is -0.968. The number of carbonyl (C=O) groups excluding carboxylic acids is 2. The van der Waals surface area contributed by atoms with Gasteiger partial charge in [0, 0.05) is 17.2 Å². The minimum absolute atomic E-state index is 0.0499. The number of halogens is 3. The largest absolute Gasteiger partial charge is 0.416 e. The summed E-state index contributed by atoms with van der Waals surface area (Å²) in [7, 11) is -4.26. The van der Waals surface area contributed by atoms with Crippen LogP contribution in [-0.4, -0.2) is 20.2 Å². The number of hydrazine groups is 1. The monoisotopic (exact) mass is 441 g/mol. The Hall–Kier alpha value is -3.08. The van der Waals surface area contributed by atoms with E-state index < -0.39 is 27.7 Å². The van der Waals surface area contributed by atoms with Crippen LogP contribution < -0.4 is 15.6 Å². The highest BCUT2D eigenvalue weighted by Gasteiger charge is 2.39. The van der Waals surface area contributed by atoms with E-state index in [1.807, 2.05) is 6.92 Å². The van der Waals surface area contributed by atoms with Gasteiger partial charge in [0.15, 0.2) is 0 Å². The minimum Gasteiger partial charge on any atom is -0.280 e. The highest BCUT2D eigenvalue weighted by molar-refractivity contribution is 7.92. The van der Waals surface area contributed by atoms with Crippen molar-refractivity contribution in [3.05, 3.63) is 59.7 Å². The van der Waals surface area contributed by atoms with E-state index >= 15 is 0 Å². The van der Waals surface area contributed by atoms with Gasteiger partial charge in [-0.25, -0.2) is 8.42 Å². The van der Waals surface area contributed by atoms with Gasteiger partial charge >= 0.3 is 6.18 Å². The molecule has 7 nitrogen and oxygen atoms in total. The summed E-state index contributed by atoms with van der Waals surface area (Å²) in [6.07, 6.45) is -3.89. The Labute approximate surface area is 170 Å². The number of hydrogen-bond acceptors (Lipinski definition) is 4. The second kappa shape index (κ2) is 7.98. The zero-order valence-corrected chi connectivity index (χ0v) is 16.5. The second-order valence-corrected chi connectivity index (χ2v) is 8.66. The molecule has 11 heteroatoms. The summed E-state index contributed by atoms with van der Waals surface area (Å²) in [6, 6.07) is 8.63. The molecule has 2 aromatic rings. The average Bonchev–Trinajstić information content (AvgIpc) is 3.42. The normalized spacial score (nSPS) is 18.4. The molecule has 1 aliphatic carbocycles. The zero-order chi connectivity index (χ0) is 22.1. The molecule has 0 unspecified atom stereocenters. The molecule has 3 rings (SSSR count). The maximum Gasteiger partial charge on any atom is 0.416 e. The first-order chi connectivity index (χ1) is 14.0. The number of sulfonamides is 1. The molecular formula is C19H18F3N3O4S. The molecule has 30 heavy (non-hydrogen) atoms. The van der Waals surface area contributed by atoms with E-state index in [0.29, 0.717) is 6.07 Å². The third-order valence-electron chi connectivity index (χ3n) is 4.59. The molecule has 0 aromatic heterocycles. The van der Waals surface area contributed by atoms with E-state index in [9.17, 15) is 31.2 Å². The van der Waals surface area contributed by atoms with Crippen LogP contribution in [-0.2, 0) is 21.0 Å². The van der Waals surface area contributed by atoms with Crippen molar-refractivity contribution in [1.29, 1.82) is 0 Å². The summed E-state index contributed by atoms with van der Waals surface area (Å²) in [5.41, 5.74) is 3.17. The Morgan fingerprint density at radius 1 is 1.03 bits per heavy atom. The third kappa shape index (κ3) is 5.09. The van der Waals surface area contributed by atoms with Gasteiger partial charge in [-0.05, 0) is 48.7 Å². The van der Waals surface area contributed by atoms with Crippen LogP contribution in [0.25, 0.3) is 0 Å². The topological polar surface area (TPSA) is 104 Å². The smallest absolute Gasteiger partial charge is 0.280 e. The van der Waals surface area contributed by atoms with E-state index in [-0.39, 0.29) is 33.9 Å². The highest BCUT2D eigenvalue weighted by atomic mass is 32.2. The van der Waals surface area contributed by atoms with Crippen LogP contribution in [0.5, 0.6) is 0 Å². The van der Waals surface area contributed by atoms with Crippen LogP contribution in [0, 0.1) is 11.8 Å². The summed E-state index contributed by atoms with van der Waals surface area (Å²) >= 11 is 0. The Balaban J connectivity index is 1.72. The first kappa shape index (κ1) is 21.6. The highest BCUT2D eigenvalue weighted by Crippen LogP contribution is 2.37. The van der Waals surface area contributed by atoms with Crippen molar-refractivity contribution in [3.63, 3.8) is 0 Å². The summed E-state index contributed by atoms with van der Waals surface area (Å²) in [5, 5.41) is 0. The molecule has 0 radical (unpaired) electrons. The standard InChI is InChI=1S/C19H18F3N3O4S/c1-11-8-16(11)18(27)24-23-17(26)12-4-2-7-15(9-12)30(28,29)25-14-6-3-5-13(10-14)19(20,21)22/h2-7,9-11,16,25H,8H2,1H3,(H,23,26)(H,24,27)/t11-,16-/m0/s1. The van der Waals surface area contributed by atoms with Crippen molar-refractivity contribution < 1.29 is 31.2 Å². The van der Waals surface area contributed by atoms with E-state index in [0.717, 1.165) is 24.6 Å². The molecule has 0 heterocycles. The van der Waals surface area contributed by atoms with Crippen LogP contribution in [0.2, 0.25) is 0 Å². The molecule has 0 saturated heterocycles. The Bertz CT molecular complexity index is 1090. The average molecular weight is 441 g/mol. The number of anilines is 1. The van der Waals surface area contributed by atoms with Gasteiger partial charge in [-0.3, -0.25) is 25.2 Å². The number of amides is 2. The number of nitrogens with one attached hydrogen (secondary N) is 3. The van der Waals surface area contributed by atoms with Gasteiger partial charge in [0.05, 0.1) is 10.5 Å². The molecule has 2 atom stereocenters. The van der Waals surface area contributed by atoms with Crippen molar-refractivity contribution in [2.45, 2.75) is 24.4 Å². The lowest BCUT2D eigenvalue weighted by atomic mass is 10.2. The van der Waals surface area contributed by atoms with Gasteiger partial charge in [-0.2, -0.15) is 13.2 Å². The van der Waals surface area contributed by atoms with E-state index in [1.54, 1.807) is 0 Å². The number of carbonyl (C=O) groups is 2. The maximum atomic E-state index is 12.8. The van der Waals surface area contributed by atoms with Crippen LogP contribution in [0.1, 0.15) is 29.3 Å². The van der Waals surface area contributed by atoms with Gasteiger partial charge in [-0.1, -0.05) is 19.1 Å². The van der Waals surface area contributed by atoms with Gasteiger partial charge < -0.3 is 0 Å². The van der Waals surface area contributed by atoms with Crippen LogP contribution in [0.4, 0.5) is 18.9 Å². The van der Waals surface area contributed by atoms with Crippen molar-refractivity contribution >= 4 is 27.5 Å². The molecular weight excluding hydrogens is 423 g/mol. The fourth-order valence-electron chi connectivity index (χ4n) is 2.75. The van der Waals surface area contributed by atoms with Gasteiger partial charge in [0.25, 0.3) is 15.9 Å². The predicted octanol–water partition coefficient (Wildman–Crippen LogP) is 2.92. The predicted molar refractivity (Wildman–Crippen MR) is 102 cm³/mol. The molecule has 0 spiro atoms. The third-order valence-corrected chi connectivity index (χ3v) is 5.97. The lowest BCUT2D eigenvalue weighted by molar-refractivity contribution is -0.137. The van der Waals surface area contributed by atoms with Crippen molar-refractivity contribution in [3.8, 4) is 0 Å². The Morgan fingerprint density at radius 2 is 1.70 bits per heavy atom. The Kier molecular flexibility index (Phi) is 5.75. The molecule has 0 aliphatic heterocycles. The molecule has 160 valence electrons. The van der Waals surface area contributed by atoms with Gasteiger partial charge in [0.1, 0.15) is 0 Å². The van der Waals surface area contributed by atoms with Crippen LogP contribution in [0.3, 0.4) is 0 Å². The molecule has 1 saturated carbocycles. The minimum atomic E-state index is -4.62. The number of alkyl halides is 3. The van der Waals surface area contributed by atoms with E-state index in [1.165, 1.54) is 24.3 Å². The second-order valence-electron chi connectivity index (χ2n) is 6.97. The molecule has 1 fully saturated rings. The molecule has 2 amide bonds.